The maximum atomic E-state index is 12.9. The lowest BCUT2D eigenvalue weighted by Crippen LogP contribution is -2.10. The molecule has 0 unspecified atom stereocenters. The van der Waals surface area contributed by atoms with Gasteiger partial charge in [0.05, 0.1) is 15.2 Å². The average Bonchev–Trinajstić information content (AvgIpc) is 2.39. The summed E-state index contributed by atoms with van der Waals surface area (Å²) in [6.45, 7) is 0.151. The van der Waals surface area contributed by atoms with Crippen molar-refractivity contribution in [3.63, 3.8) is 0 Å². The van der Waals surface area contributed by atoms with Gasteiger partial charge in [0.2, 0.25) is 0 Å². The van der Waals surface area contributed by atoms with Crippen LogP contribution < -0.4 is 16.0 Å². The minimum atomic E-state index is -0.343. The SMILES string of the molecule is NNc1ccc(Cl)c(COc2ccc(F)cc2Br)n1. The summed E-state index contributed by atoms with van der Waals surface area (Å²) < 4.78 is 19.0. The molecule has 0 amide bonds. The molecule has 2 aromatic rings. The molecule has 7 heteroatoms. The van der Waals surface area contributed by atoms with Crippen molar-refractivity contribution < 1.29 is 9.13 Å². The fourth-order valence-corrected chi connectivity index (χ4v) is 2.03. The molecule has 0 bridgehead atoms. The second-order valence-corrected chi connectivity index (χ2v) is 4.89. The monoisotopic (exact) mass is 345 g/mol. The Bertz CT molecular complexity index is 597. The van der Waals surface area contributed by atoms with Gasteiger partial charge in [-0.3, -0.25) is 0 Å². The third-order valence-corrected chi connectivity index (χ3v) is 3.29. The van der Waals surface area contributed by atoms with E-state index in [-0.39, 0.29) is 12.4 Å². The number of rotatable bonds is 4. The Hall–Kier alpha value is -1.37. The summed E-state index contributed by atoms with van der Waals surface area (Å²) in [5.74, 6) is 5.92. The molecule has 19 heavy (non-hydrogen) atoms. The molecule has 0 radical (unpaired) electrons. The van der Waals surface area contributed by atoms with Crippen molar-refractivity contribution in [3.05, 3.63) is 51.3 Å². The minimum Gasteiger partial charge on any atom is -0.486 e. The molecule has 0 atom stereocenters. The highest BCUT2D eigenvalue weighted by Crippen LogP contribution is 2.27. The number of hydrogen-bond acceptors (Lipinski definition) is 4. The lowest BCUT2D eigenvalue weighted by molar-refractivity contribution is 0.299. The Balaban J connectivity index is 2.14. The normalized spacial score (nSPS) is 10.3. The molecule has 2 rings (SSSR count). The number of halogens is 3. The summed E-state index contributed by atoms with van der Waals surface area (Å²) in [6.07, 6.45) is 0. The van der Waals surface area contributed by atoms with E-state index in [1.54, 1.807) is 12.1 Å². The van der Waals surface area contributed by atoms with Gasteiger partial charge in [-0.15, -0.1) is 0 Å². The third-order valence-electron chi connectivity index (χ3n) is 2.32. The van der Waals surface area contributed by atoms with E-state index in [1.165, 1.54) is 18.2 Å². The van der Waals surface area contributed by atoms with Crippen LogP contribution in [-0.2, 0) is 6.61 Å². The molecule has 0 fully saturated rings. The highest BCUT2D eigenvalue weighted by molar-refractivity contribution is 9.10. The molecule has 0 saturated carbocycles. The van der Waals surface area contributed by atoms with Gasteiger partial charge in [-0.05, 0) is 46.3 Å². The van der Waals surface area contributed by atoms with E-state index in [0.29, 0.717) is 26.8 Å². The first-order valence-electron chi connectivity index (χ1n) is 5.30. The van der Waals surface area contributed by atoms with Crippen LogP contribution in [0.3, 0.4) is 0 Å². The maximum Gasteiger partial charge on any atom is 0.140 e. The summed E-state index contributed by atoms with van der Waals surface area (Å²) in [4.78, 5) is 4.17. The Morgan fingerprint density at radius 2 is 2.16 bits per heavy atom. The van der Waals surface area contributed by atoms with Crippen LogP contribution >= 0.6 is 27.5 Å². The number of nitrogens with zero attached hydrogens (tertiary/aromatic N) is 1. The van der Waals surface area contributed by atoms with Crippen LogP contribution in [0, 0.1) is 5.82 Å². The van der Waals surface area contributed by atoms with E-state index < -0.39 is 0 Å². The molecule has 0 saturated heterocycles. The van der Waals surface area contributed by atoms with Gasteiger partial charge in [-0.2, -0.15) is 0 Å². The van der Waals surface area contributed by atoms with Crippen LogP contribution in [0.5, 0.6) is 5.75 Å². The zero-order valence-electron chi connectivity index (χ0n) is 9.66. The summed E-state index contributed by atoms with van der Waals surface area (Å²) in [5, 5.41) is 0.470. The van der Waals surface area contributed by atoms with Crippen molar-refractivity contribution in [2.45, 2.75) is 6.61 Å². The Labute approximate surface area is 122 Å². The van der Waals surface area contributed by atoms with Crippen LogP contribution in [-0.4, -0.2) is 4.98 Å². The number of hydrazine groups is 1. The molecule has 1 aromatic carbocycles. The number of ether oxygens (including phenoxy) is 1. The van der Waals surface area contributed by atoms with Crippen molar-refractivity contribution in [2.24, 2.45) is 5.84 Å². The topological polar surface area (TPSA) is 60.2 Å². The van der Waals surface area contributed by atoms with Gasteiger partial charge in [-0.1, -0.05) is 11.6 Å². The number of nitrogen functional groups attached to an aromatic ring is 1. The fraction of sp³-hybridized carbons (Fsp3) is 0.0833. The van der Waals surface area contributed by atoms with Crippen molar-refractivity contribution in [2.75, 3.05) is 5.43 Å². The number of pyridine rings is 1. The molecule has 0 spiro atoms. The van der Waals surface area contributed by atoms with Crippen LogP contribution in [0.4, 0.5) is 10.2 Å². The molecule has 0 aliphatic heterocycles. The molecule has 4 nitrogen and oxygen atoms in total. The van der Waals surface area contributed by atoms with Crippen molar-refractivity contribution >= 4 is 33.3 Å². The zero-order chi connectivity index (χ0) is 13.8. The van der Waals surface area contributed by atoms with E-state index in [1.807, 2.05) is 0 Å². The van der Waals surface area contributed by atoms with E-state index in [4.69, 9.17) is 22.2 Å². The highest BCUT2D eigenvalue weighted by atomic mass is 79.9. The average molecular weight is 347 g/mol. The fourth-order valence-electron chi connectivity index (χ4n) is 1.40. The molecule has 0 aliphatic carbocycles. The van der Waals surface area contributed by atoms with Gasteiger partial charge in [0.15, 0.2) is 0 Å². The van der Waals surface area contributed by atoms with Gasteiger partial charge in [0, 0.05) is 0 Å². The maximum absolute atomic E-state index is 12.9. The first kappa shape index (κ1) is 14.0. The molecular formula is C12H10BrClFN3O. The zero-order valence-corrected chi connectivity index (χ0v) is 12.0. The molecular weight excluding hydrogens is 337 g/mol. The van der Waals surface area contributed by atoms with Crippen molar-refractivity contribution in [3.8, 4) is 5.75 Å². The van der Waals surface area contributed by atoms with Gasteiger partial charge >= 0.3 is 0 Å². The largest absolute Gasteiger partial charge is 0.486 e. The smallest absolute Gasteiger partial charge is 0.140 e. The highest BCUT2D eigenvalue weighted by Gasteiger charge is 2.07. The Morgan fingerprint density at radius 1 is 1.37 bits per heavy atom. The quantitative estimate of drug-likeness (QED) is 0.657. The molecule has 100 valence electrons. The van der Waals surface area contributed by atoms with E-state index in [0.717, 1.165) is 0 Å². The van der Waals surface area contributed by atoms with E-state index in [2.05, 4.69) is 26.3 Å². The lowest BCUT2D eigenvalue weighted by Gasteiger charge is -2.10. The molecule has 1 aromatic heterocycles. The second kappa shape index (κ2) is 6.18. The number of nitrogens with two attached hydrogens (primary N) is 1. The van der Waals surface area contributed by atoms with Gasteiger partial charge in [0.1, 0.15) is 24.0 Å². The first-order chi connectivity index (χ1) is 9.10. The van der Waals surface area contributed by atoms with Crippen LogP contribution in [0.25, 0.3) is 0 Å². The van der Waals surface area contributed by atoms with Crippen LogP contribution in [0.1, 0.15) is 5.69 Å². The Kier molecular flexibility index (Phi) is 4.57. The third kappa shape index (κ3) is 3.56. The summed E-state index contributed by atoms with van der Waals surface area (Å²) in [5.41, 5.74) is 2.96. The lowest BCUT2D eigenvalue weighted by atomic mass is 10.3. The van der Waals surface area contributed by atoms with Crippen molar-refractivity contribution in [1.29, 1.82) is 0 Å². The van der Waals surface area contributed by atoms with E-state index >= 15 is 0 Å². The first-order valence-corrected chi connectivity index (χ1v) is 6.47. The van der Waals surface area contributed by atoms with Crippen LogP contribution in [0.2, 0.25) is 5.02 Å². The number of aromatic nitrogens is 1. The second-order valence-electron chi connectivity index (χ2n) is 3.63. The predicted octanol–water partition coefficient (Wildman–Crippen LogP) is 3.50. The molecule has 1 heterocycles. The minimum absolute atomic E-state index is 0.151. The van der Waals surface area contributed by atoms with Gasteiger partial charge in [-0.25, -0.2) is 15.2 Å². The molecule has 0 aliphatic rings. The predicted molar refractivity (Wildman–Crippen MR) is 75.5 cm³/mol. The number of nitrogens with one attached hydrogen (secondary N) is 1. The van der Waals surface area contributed by atoms with E-state index in [9.17, 15) is 4.39 Å². The number of benzene rings is 1. The Morgan fingerprint density at radius 3 is 2.84 bits per heavy atom. The number of anilines is 1. The van der Waals surface area contributed by atoms with Gasteiger partial charge < -0.3 is 10.2 Å². The van der Waals surface area contributed by atoms with Crippen LogP contribution in [0.15, 0.2) is 34.8 Å². The summed E-state index contributed by atoms with van der Waals surface area (Å²) >= 11 is 9.22. The number of hydrogen-bond donors (Lipinski definition) is 2. The summed E-state index contributed by atoms with van der Waals surface area (Å²) in [7, 11) is 0. The standard InChI is InChI=1S/C12H10BrClFN3O/c13-8-5-7(15)1-3-11(8)19-6-10-9(14)2-4-12(17-10)18-16/h1-5H,6,16H2,(H,17,18). The van der Waals surface area contributed by atoms with Crippen molar-refractivity contribution in [1.82, 2.24) is 4.98 Å². The van der Waals surface area contributed by atoms with Gasteiger partial charge in [0.25, 0.3) is 0 Å². The summed E-state index contributed by atoms with van der Waals surface area (Å²) in [6, 6.07) is 7.48. The molecule has 3 N–H and O–H groups in total.